The van der Waals surface area contributed by atoms with E-state index < -0.39 is 41.1 Å². The number of ketones is 1. The normalized spacial score (nSPS) is 21.2. The fourth-order valence-electron chi connectivity index (χ4n) is 5.43. The van der Waals surface area contributed by atoms with Gasteiger partial charge in [-0.15, -0.1) is 0 Å². The first-order valence-corrected chi connectivity index (χ1v) is 13.6. The number of carbonyl (C=O) groups is 2. The minimum absolute atomic E-state index is 0.214. The second kappa shape index (κ2) is 10.9. The number of hydrogen-bond donors (Lipinski definition) is 0. The van der Waals surface area contributed by atoms with Crippen LogP contribution >= 0.6 is 0 Å². The molecule has 10 heteroatoms. The minimum atomic E-state index is -1.69. The highest BCUT2D eigenvalue weighted by Gasteiger charge is 2.55. The summed E-state index contributed by atoms with van der Waals surface area (Å²) in [5, 5.41) is 0.736. The number of methoxy groups -OCH3 is 3. The molecule has 1 saturated heterocycles. The summed E-state index contributed by atoms with van der Waals surface area (Å²) < 4.78 is 41.2. The van der Waals surface area contributed by atoms with Crippen LogP contribution in [0, 0.1) is 5.92 Å². The third-order valence-electron chi connectivity index (χ3n) is 7.64. The molecule has 42 heavy (non-hydrogen) atoms. The summed E-state index contributed by atoms with van der Waals surface area (Å²) in [6, 6.07) is 10.1. The van der Waals surface area contributed by atoms with E-state index >= 15 is 0 Å². The van der Waals surface area contributed by atoms with Crippen molar-refractivity contribution in [2.24, 2.45) is 5.92 Å². The molecule has 0 unspecified atom stereocenters. The maximum atomic E-state index is 13.3. The van der Waals surface area contributed by atoms with Gasteiger partial charge in [-0.1, -0.05) is 13.8 Å². The number of carbonyl (C=O) groups excluding carboxylic acids is 2. The Balaban J connectivity index is 1.57. The molecule has 0 N–H and O–H groups in total. The summed E-state index contributed by atoms with van der Waals surface area (Å²) in [7, 11) is 4.22. The molecule has 2 aliphatic heterocycles. The molecule has 1 aromatic heterocycles. The molecule has 3 heterocycles. The molecule has 0 aliphatic carbocycles. The van der Waals surface area contributed by atoms with Gasteiger partial charge in [-0.05, 0) is 50.3 Å². The van der Waals surface area contributed by atoms with E-state index in [-0.39, 0.29) is 29.3 Å². The van der Waals surface area contributed by atoms with Gasteiger partial charge >= 0.3 is 17.6 Å². The van der Waals surface area contributed by atoms with Crippen LogP contribution in [-0.4, -0.2) is 50.8 Å². The third-order valence-corrected chi connectivity index (χ3v) is 7.64. The molecular weight excluding hydrogens is 544 g/mol. The minimum Gasteiger partial charge on any atom is -0.496 e. The molecule has 1 spiro atoms. The molecule has 2 aliphatic rings. The van der Waals surface area contributed by atoms with Gasteiger partial charge in [0, 0.05) is 41.0 Å². The number of rotatable bonds is 8. The van der Waals surface area contributed by atoms with Crippen LogP contribution in [0.1, 0.15) is 50.3 Å². The van der Waals surface area contributed by atoms with Crippen molar-refractivity contribution in [3.8, 4) is 17.2 Å². The van der Waals surface area contributed by atoms with Crippen molar-refractivity contribution in [1.29, 1.82) is 0 Å². The monoisotopic (exact) mass is 578 g/mol. The maximum absolute atomic E-state index is 13.3. The first kappa shape index (κ1) is 29.3. The van der Waals surface area contributed by atoms with Crippen molar-refractivity contribution in [1.82, 2.24) is 0 Å². The fraction of sp³-hybridized carbons (Fsp3) is 0.406. The summed E-state index contributed by atoms with van der Waals surface area (Å²) in [5.74, 6) is -3.51. The zero-order valence-electron chi connectivity index (χ0n) is 24.6. The Labute approximate surface area is 243 Å². The Morgan fingerprint density at radius 1 is 0.976 bits per heavy atom. The van der Waals surface area contributed by atoms with Crippen molar-refractivity contribution < 1.29 is 42.4 Å². The summed E-state index contributed by atoms with van der Waals surface area (Å²) in [5.41, 5.74) is 0.487. The van der Waals surface area contributed by atoms with E-state index in [1.807, 2.05) is 19.9 Å². The standard InChI is InChI=1S/C32H34O10/c1-17(2)27(34)26(30(35)38-7)25-22(37-6)12-9-19-14-15-32(41-29(19)25)40-23(31(3,4)42-32)16-20-21(36-5)11-8-18-10-13-24(33)39-28(18)20/h8-15,17,23,26H,16H2,1-7H3/t23-,26-,32+/m1/s1. The lowest BCUT2D eigenvalue weighted by Crippen LogP contribution is -2.40. The van der Waals surface area contributed by atoms with Crippen LogP contribution in [-0.2, 0) is 30.2 Å². The van der Waals surface area contributed by atoms with Crippen LogP contribution in [0.2, 0.25) is 0 Å². The number of esters is 1. The van der Waals surface area contributed by atoms with Crippen LogP contribution in [0.25, 0.3) is 17.0 Å². The van der Waals surface area contributed by atoms with Crippen LogP contribution in [0.4, 0.5) is 0 Å². The molecule has 0 amide bonds. The average Bonchev–Trinajstić information content (AvgIpc) is 3.21. The van der Waals surface area contributed by atoms with Crippen LogP contribution in [0.3, 0.4) is 0 Å². The highest BCUT2D eigenvalue weighted by atomic mass is 16.9. The summed E-state index contributed by atoms with van der Waals surface area (Å²) in [6.45, 7) is 7.14. The molecule has 3 aromatic rings. The molecule has 10 nitrogen and oxygen atoms in total. The van der Waals surface area contributed by atoms with Gasteiger partial charge in [0.05, 0.1) is 38.6 Å². The van der Waals surface area contributed by atoms with E-state index in [4.69, 9.17) is 32.8 Å². The zero-order valence-corrected chi connectivity index (χ0v) is 24.6. The second-order valence-corrected chi connectivity index (χ2v) is 11.1. The van der Waals surface area contributed by atoms with Gasteiger partial charge < -0.3 is 32.8 Å². The molecular formula is C32H34O10. The summed E-state index contributed by atoms with van der Waals surface area (Å²) >= 11 is 0. The van der Waals surface area contributed by atoms with Crippen molar-refractivity contribution in [3.63, 3.8) is 0 Å². The van der Waals surface area contributed by atoms with E-state index in [2.05, 4.69) is 0 Å². The number of ether oxygens (including phenoxy) is 6. The number of hydrogen-bond acceptors (Lipinski definition) is 10. The zero-order chi connectivity index (χ0) is 30.4. The lowest BCUT2D eigenvalue weighted by atomic mass is 9.86. The van der Waals surface area contributed by atoms with Gasteiger partial charge in [-0.25, -0.2) is 4.79 Å². The number of Topliss-reactive ketones (excluding diaryl/α,β-unsaturated/α-hetero) is 1. The van der Waals surface area contributed by atoms with Crippen LogP contribution in [0.5, 0.6) is 17.2 Å². The summed E-state index contributed by atoms with van der Waals surface area (Å²) in [4.78, 5) is 38.4. The molecule has 222 valence electrons. The first-order valence-electron chi connectivity index (χ1n) is 13.6. The molecule has 3 atom stereocenters. The molecule has 0 bridgehead atoms. The van der Waals surface area contributed by atoms with Crippen LogP contribution in [0.15, 0.2) is 51.7 Å². The van der Waals surface area contributed by atoms with Crippen molar-refractivity contribution in [2.45, 2.75) is 57.7 Å². The van der Waals surface area contributed by atoms with Gasteiger partial charge in [-0.2, -0.15) is 0 Å². The predicted octanol–water partition coefficient (Wildman–Crippen LogP) is 4.79. The van der Waals surface area contributed by atoms with Gasteiger partial charge in [-0.3, -0.25) is 9.59 Å². The largest absolute Gasteiger partial charge is 0.496 e. The number of fused-ring (bicyclic) bond motifs is 2. The van der Waals surface area contributed by atoms with Crippen LogP contribution < -0.4 is 19.8 Å². The fourth-order valence-corrected chi connectivity index (χ4v) is 5.43. The Morgan fingerprint density at radius 3 is 2.33 bits per heavy atom. The quantitative estimate of drug-likeness (QED) is 0.210. The van der Waals surface area contributed by atoms with Gasteiger partial charge in [0.25, 0.3) is 0 Å². The van der Waals surface area contributed by atoms with Crippen molar-refractivity contribution >= 4 is 28.8 Å². The molecule has 2 aromatic carbocycles. The molecule has 1 fully saturated rings. The Morgan fingerprint density at radius 2 is 1.67 bits per heavy atom. The topological polar surface area (TPSA) is 120 Å². The Kier molecular flexibility index (Phi) is 7.63. The van der Waals surface area contributed by atoms with E-state index in [9.17, 15) is 14.4 Å². The van der Waals surface area contributed by atoms with E-state index in [1.54, 1.807) is 57.4 Å². The SMILES string of the molecule is COC(=O)[C@@H](C(=O)C(C)C)c1c(OC)ccc2c1O[C@]1(C=C2)O[C@H](Cc2c(OC)ccc3ccc(=O)oc23)C(C)(C)O1. The van der Waals surface area contributed by atoms with Gasteiger partial charge in [0.2, 0.25) is 0 Å². The lowest BCUT2D eigenvalue weighted by molar-refractivity contribution is -0.270. The van der Waals surface area contributed by atoms with Gasteiger partial charge in [0.15, 0.2) is 5.78 Å². The first-order chi connectivity index (χ1) is 19.9. The smallest absolute Gasteiger partial charge is 0.350 e. The molecule has 5 rings (SSSR count). The number of benzene rings is 2. The maximum Gasteiger partial charge on any atom is 0.350 e. The molecule has 0 radical (unpaired) electrons. The average molecular weight is 579 g/mol. The summed E-state index contributed by atoms with van der Waals surface area (Å²) in [6.07, 6.45) is 3.06. The Bertz CT molecular complexity index is 1630. The highest BCUT2D eigenvalue weighted by molar-refractivity contribution is 6.06. The third kappa shape index (κ3) is 5.05. The lowest BCUT2D eigenvalue weighted by Gasteiger charge is -2.33. The van der Waals surface area contributed by atoms with Gasteiger partial charge in [0.1, 0.15) is 28.7 Å². The predicted molar refractivity (Wildman–Crippen MR) is 153 cm³/mol. The Hall–Kier alpha value is -4.15. The molecule has 0 saturated carbocycles. The van der Waals surface area contributed by atoms with Crippen molar-refractivity contribution in [3.05, 3.63) is 69.6 Å². The van der Waals surface area contributed by atoms with E-state index in [1.165, 1.54) is 20.3 Å². The van der Waals surface area contributed by atoms with E-state index in [0.29, 0.717) is 22.5 Å². The highest BCUT2D eigenvalue weighted by Crippen LogP contribution is 2.49. The second-order valence-electron chi connectivity index (χ2n) is 11.1. The van der Waals surface area contributed by atoms with E-state index in [0.717, 1.165) is 5.39 Å². The van der Waals surface area contributed by atoms with Crippen molar-refractivity contribution in [2.75, 3.05) is 21.3 Å².